The number of nitrogen functional groups attached to an aromatic ring is 1. The Morgan fingerprint density at radius 2 is 2.10 bits per heavy atom. The molecule has 4 N–H and O–H groups in total. The van der Waals surface area contributed by atoms with E-state index < -0.39 is 19.3 Å². The second-order valence-electron chi connectivity index (χ2n) is 4.18. The van der Waals surface area contributed by atoms with Gasteiger partial charge in [0.25, 0.3) is 0 Å². The van der Waals surface area contributed by atoms with Crippen LogP contribution in [0.2, 0.25) is 0 Å². The van der Waals surface area contributed by atoms with Crippen LogP contribution in [0.1, 0.15) is 19.2 Å². The summed E-state index contributed by atoms with van der Waals surface area (Å²) < 4.78 is 37.6. The Labute approximate surface area is 114 Å². The number of aryl methyl sites for hydroxylation is 1. The predicted octanol–water partition coefficient (Wildman–Crippen LogP) is 1.08. The fraction of sp³-hybridized carbons (Fsp3) is 0.636. The molecule has 0 unspecified atom stereocenters. The van der Waals surface area contributed by atoms with Crippen molar-refractivity contribution in [1.29, 1.82) is 0 Å². The van der Waals surface area contributed by atoms with Crippen LogP contribution in [0.3, 0.4) is 0 Å². The first-order valence-electron chi connectivity index (χ1n) is 6.16. The number of hydrogen-bond acceptors (Lipinski definition) is 6. The molecular weight excluding hydrogens is 275 g/mol. The van der Waals surface area contributed by atoms with Crippen LogP contribution in [0.15, 0.2) is 6.07 Å². The molecule has 0 radical (unpaired) electrons. The first kappa shape index (κ1) is 16.4. The zero-order valence-corrected chi connectivity index (χ0v) is 11.1. The van der Waals surface area contributed by atoms with Crippen molar-refractivity contribution in [2.75, 3.05) is 30.0 Å². The number of aromatic nitrogens is 2. The number of hydrogen-bond donors (Lipinski definition) is 3. The molecule has 0 atom stereocenters. The van der Waals surface area contributed by atoms with Gasteiger partial charge in [0.15, 0.2) is 0 Å². The van der Waals surface area contributed by atoms with Crippen molar-refractivity contribution in [3.05, 3.63) is 11.9 Å². The molecule has 0 saturated carbocycles. The molecule has 1 aromatic heterocycles. The number of nitrogens with two attached hydrogens (primary N) is 1. The zero-order valence-electron chi connectivity index (χ0n) is 11.1. The molecule has 20 heavy (non-hydrogen) atoms. The summed E-state index contributed by atoms with van der Waals surface area (Å²) in [5.74, 6) is 5.99. The summed E-state index contributed by atoms with van der Waals surface area (Å²) in [5, 5.41) is 8.90. The van der Waals surface area contributed by atoms with Crippen molar-refractivity contribution >= 4 is 11.6 Å². The lowest BCUT2D eigenvalue weighted by molar-refractivity contribution is -0.120. The number of nitrogens with zero attached hydrogens (tertiary/aromatic N) is 3. The molecule has 0 amide bonds. The minimum atomic E-state index is -4.39. The molecule has 0 spiro atoms. The zero-order chi connectivity index (χ0) is 15.2. The third kappa shape index (κ3) is 5.17. The lowest BCUT2D eigenvalue weighted by Crippen LogP contribution is -2.37. The Morgan fingerprint density at radius 3 is 2.60 bits per heavy atom. The molecule has 1 aromatic rings. The molecule has 114 valence electrons. The average Bonchev–Trinajstić information content (AvgIpc) is 2.36. The highest BCUT2D eigenvalue weighted by Crippen LogP contribution is 2.22. The molecular formula is C11H18F3N5O. The van der Waals surface area contributed by atoms with Crippen molar-refractivity contribution in [2.24, 2.45) is 5.84 Å². The van der Waals surface area contributed by atoms with E-state index >= 15 is 0 Å². The molecule has 0 saturated heterocycles. The molecule has 0 fully saturated rings. The highest BCUT2D eigenvalue weighted by Gasteiger charge is 2.31. The third-order valence-corrected chi connectivity index (χ3v) is 2.44. The van der Waals surface area contributed by atoms with Gasteiger partial charge in [-0.1, -0.05) is 6.92 Å². The van der Waals surface area contributed by atoms with Gasteiger partial charge < -0.3 is 15.4 Å². The van der Waals surface area contributed by atoms with Gasteiger partial charge in [-0.25, -0.2) is 15.8 Å². The van der Waals surface area contributed by atoms with Crippen molar-refractivity contribution < 1.29 is 18.3 Å². The van der Waals surface area contributed by atoms with E-state index in [2.05, 4.69) is 15.4 Å². The van der Waals surface area contributed by atoms with Crippen LogP contribution in [0.4, 0.5) is 24.8 Å². The normalized spacial score (nSPS) is 11.5. The molecule has 0 aliphatic heterocycles. The van der Waals surface area contributed by atoms with Crippen LogP contribution in [-0.4, -0.2) is 40.9 Å². The summed E-state index contributed by atoms with van der Waals surface area (Å²) in [6.07, 6.45) is -3.10. The van der Waals surface area contributed by atoms with E-state index in [-0.39, 0.29) is 18.2 Å². The highest BCUT2D eigenvalue weighted by atomic mass is 19.4. The van der Waals surface area contributed by atoms with E-state index in [4.69, 9.17) is 10.9 Å². The maximum atomic E-state index is 12.5. The van der Waals surface area contributed by atoms with Gasteiger partial charge in [0.2, 0.25) is 0 Å². The van der Waals surface area contributed by atoms with Gasteiger partial charge in [-0.05, 0) is 6.42 Å². The summed E-state index contributed by atoms with van der Waals surface area (Å²) in [6.45, 7) is 0.133. The van der Waals surface area contributed by atoms with Gasteiger partial charge in [0.1, 0.15) is 24.0 Å². The molecule has 0 bridgehead atoms. The van der Waals surface area contributed by atoms with Crippen LogP contribution < -0.4 is 16.2 Å². The number of aliphatic hydroxyl groups excluding tert-OH is 1. The van der Waals surface area contributed by atoms with Crippen LogP contribution >= 0.6 is 0 Å². The molecule has 1 rings (SSSR count). The van der Waals surface area contributed by atoms with E-state index in [0.29, 0.717) is 12.2 Å². The number of rotatable bonds is 7. The predicted molar refractivity (Wildman–Crippen MR) is 69.2 cm³/mol. The lowest BCUT2D eigenvalue weighted by atomic mass is 10.3. The molecule has 0 aliphatic rings. The monoisotopic (exact) mass is 293 g/mol. The standard InChI is InChI=1S/C11H18F3N5O/c1-2-3-8-16-9(18-15)6-10(17-8)19(4-5-20)7-11(12,13)14/h6,20H,2-5,7,15H2,1H3,(H,16,17,18). The van der Waals surface area contributed by atoms with Gasteiger partial charge in [-0.2, -0.15) is 13.2 Å². The number of alkyl halides is 3. The summed E-state index contributed by atoms with van der Waals surface area (Å²) in [4.78, 5) is 9.09. The minimum absolute atomic E-state index is 0.0859. The fourth-order valence-electron chi connectivity index (χ4n) is 1.67. The Morgan fingerprint density at radius 1 is 1.40 bits per heavy atom. The smallest absolute Gasteiger partial charge is 0.395 e. The summed E-state index contributed by atoms with van der Waals surface area (Å²) in [5.41, 5.74) is 2.30. The van der Waals surface area contributed by atoms with Gasteiger partial charge in [0, 0.05) is 19.0 Å². The van der Waals surface area contributed by atoms with Crippen molar-refractivity contribution in [3.63, 3.8) is 0 Å². The van der Waals surface area contributed by atoms with E-state index in [1.807, 2.05) is 6.92 Å². The third-order valence-electron chi connectivity index (χ3n) is 2.44. The minimum Gasteiger partial charge on any atom is -0.395 e. The molecule has 9 heteroatoms. The van der Waals surface area contributed by atoms with Crippen molar-refractivity contribution in [2.45, 2.75) is 25.9 Å². The first-order chi connectivity index (χ1) is 9.39. The Hall–Kier alpha value is -1.61. The average molecular weight is 293 g/mol. The highest BCUT2D eigenvalue weighted by molar-refractivity contribution is 5.49. The quantitative estimate of drug-likeness (QED) is 0.515. The fourth-order valence-corrected chi connectivity index (χ4v) is 1.67. The Balaban J connectivity index is 3.07. The second-order valence-corrected chi connectivity index (χ2v) is 4.18. The second kappa shape index (κ2) is 7.25. The molecule has 6 nitrogen and oxygen atoms in total. The number of anilines is 2. The topological polar surface area (TPSA) is 87.3 Å². The number of hydrazine groups is 1. The van der Waals surface area contributed by atoms with Crippen LogP contribution in [0.25, 0.3) is 0 Å². The maximum absolute atomic E-state index is 12.5. The van der Waals surface area contributed by atoms with Crippen LogP contribution in [-0.2, 0) is 6.42 Å². The Bertz CT molecular complexity index is 427. The largest absolute Gasteiger partial charge is 0.405 e. The molecule has 0 aliphatic carbocycles. The van der Waals surface area contributed by atoms with Crippen molar-refractivity contribution in [1.82, 2.24) is 9.97 Å². The summed E-state index contributed by atoms with van der Waals surface area (Å²) in [7, 11) is 0. The summed E-state index contributed by atoms with van der Waals surface area (Å²) in [6, 6.07) is 1.32. The van der Waals surface area contributed by atoms with Gasteiger partial charge in [0.05, 0.1) is 6.61 Å². The maximum Gasteiger partial charge on any atom is 0.405 e. The van der Waals surface area contributed by atoms with Crippen LogP contribution in [0, 0.1) is 0 Å². The molecule has 0 aromatic carbocycles. The van der Waals surface area contributed by atoms with Gasteiger partial charge >= 0.3 is 6.18 Å². The van der Waals surface area contributed by atoms with E-state index in [9.17, 15) is 13.2 Å². The van der Waals surface area contributed by atoms with E-state index in [1.54, 1.807) is 0 Å². The van der Waals surface area contributed by atoms with Gasteiger partial charge in [-0.15, -0.1) is 0 Å². The van der Waals surface area contributed by atoms with E-state index in [1.165, 1.54) is 6.07 Å². The number of aliphatic hydroxyl groups is 1. The van der Waals surface area contributed by atoms with Crippen LogP contribution in [0.5, 0.6) is 0 Å². The van der Waals surface area contributed by atoms with Gasteiger partial charge in [-0.3, -0.25) is 0 Å². The number of nitrogens with one attached hydrogen (secondary N) is 1. The SMILES string of the molecule is CCCc1nc(NN)cc(N(CCO)CC(F)(F)F)n1. The Kier molecular flexibility index (Phi) is 5.96. The number of halogens is 3. The molecule has 1 heterocycles. The van der Waals surface area contributed by atoms with Crippen molar-refractivity contribution in [3.8, 4) is 0 Å². The first-order valence-corrected chi connectivity index (χ1v) is 6.16. The lowest BCUT2D eigenvalue weighted by Gasteiger charge is -2.24. The van der Waals surface area contributed by atoms with E-state index in [0.717, 1.165) is 11.3 Å². The summed E-state index contributed by atoms with van der Waals surface area (Å²) >= 11 is 0.